The number of nitrogens with zero attached hydrogens (tertiary/aromatic N) is 3. The molecule has 0 aliphatic rings. The summed E-state index contributed by atoms with van der Waals surface area (Å²) in [5.74, 6) is 1.78. The Kier molecular flexibility index (Phi) is 3.16. The van der Waals surface area contributed by atoms with Gasteiger partial charge in [-0.1, -0.05) is 17.3 Å². The van der Waals surface area contributed by atoms with Crippen molar-refractivity contribution in [3.8, 4) is 28.6 Å². The number of benzene rings is 1. The molecule has 5 heteroatoms. The molecule has 5 nitrogen and oxygen atoms in total. The number of aryl methyl sites for hydroxylation is 1. The largest absolute Gasteiger partial charge is 0.496 e. The Bertz CT molecular complexity index is 723. The molecule has 2 aromatic heterocycles. The Morgan fingerprint density at radius 2 is 2.05 bits per heavy atom. The minimum atomic E-state index is 0.452. The minimum Gasteiger partial charge on any atom is -0.496 e. The van der Waals surface area contributed by atoms with Crippen LogP contribution in [0.4, 0.5) is 0 Å². The Hall–Kier alpha value is -2.69. The highest BCUT2D eigenvalue weighted by Crippen LogP contribution is 2.26. The van der Waals surface area contributed by atoms with Gasteiger partial charge in [0.1, 0.15) is 5.75 Å². The topological polar surface area (TPSA) is 61.0 Å². The molecule has 0 unspecified atom stereocenters. The van der Waals surface area contributed by atoms with E-state index in [9.17, 15) is 0 Å². The zero-order chi connectivity index (χ0) is 13.9. The average molecular weight is 267 g/mol. The second kappa shape index (κ2) is 5.13. The molecule has 100 valence electrons. The summed E-state index contributed by atoms with van der Waals surface area (Å²) in [6.07, 6.45) is 3.39. The Balaban J connectivity index is 1.98. The highest BCUT2D eigenvalue weighted by atomic mass is 16.5. The van der Waals surface area contributed by atoms with Crippen LogP contribution in [0.3, 0.4) is 0 Å². The third-order valence-electron chi connectivity index (χ3n) is 3.00. The lowest BCUT2D eigenvalue weighted by Crippen LogP contribution is -1.89. The third kappa shape index (κ3) is 2.25. The van der Waals surface area contributed by atoms with Crippen molar-refractivity contribution in [2.75, 3.05) is 7.11 Å². The van der Waals surface area contributed by atoms with Crippen LogP contribution in [0.15, 0.2) is 47.2 Å². The first-order chi connectivity index (χ1) is 9.78. The summed E-state index contributed by atoms with van der Waals surface area (Å²) in [7, 11) is 1.64. The van der Waals surface area contributed by atoms with E-state index in [-0.39, 0.29) is 0 Å². The maximum atomic E-state index is 5.30. The van der Waals surface area contributed by atoms with Crippen molar-refractivity contribution in [1.29, 1.82) is 0 Å². The van der Waals surface area contributed by atoms with Gasteiger partial charge in [0.2, 0.25) is 5.82 Å². The van der Waals surface area contributed by atoms with Gasteiger partial charge in [-0.15, -0.1) is 0 Å². The fourth-order valence-corrected chi connectivity index (χ4v) is 1.91. The molecule has 0 radical (unpaired) electrons. The molecule has 0 aliphatic heterocycles. The Morgan fingerprint density at radius 3 is 2.80 bits per heavy atom. The molecule has 0 saturated carbocycles. The summed E-state index contributed by atoms with van der Waals surface area (Å²) in [5.41, 5.74) is 2.71. The van der Waals surface area contributed by atoms with E-state index in [2.05, 4.69) is 15.1 Å². The third-order valence-corrected chi connectivity index (χ3v) is 3.00. The maximum absolute atomic E-state index is 5.30. The van der Waals surface area contributed by atoms with Gasteiger partial charge in [0.15, 0.2) is 0 Å². The van der Waals surface area contributed by atoms with E-state index in [0.717, 1.165) is 22.4 Å². The zero-order valence-electron chi connectivity index (χ0n) is 11.2. The molecule has 1 aromatic carbocycles. The molecule has 3 aromatic rings. The molecular formula is C15H13N3O2. The van der Waals surface area contributed by atoms with Gasteiger partial charge in [0, 0.05) is 18.0 Å². The summed E-state index contributed by atoms with van der Waals surface area (Å²) in [6.45, 7) is 1.99. The molecule has 0 saturated heterocycles. The quantitative estimate of drug-likeness (QED) is 0.729. The van der Waals surface area contributed by atoms with Crippen molar-refractivity contribution < 1.29 is 9.26 Å². The molecule has 3 rings (SSSR count). The first-order valence-corrected chi connectivity index (χ1v) is 6.17. The highest BCUT2D eigenvalue weighted by Gasteiger charge is 2.11. The molecule has 0 bridgehead atoms. The number of hydrogen-bond donors (Lipinski definition) is 0. The van der Waals surface area contributed by atoms with Crippen LogP contribution in [0.2, 0.25) is 0 Å². The Labute approximate surface area is 116 Å². The Morgan fingerprint density at radius 1 is 1.15 bits per heavy atom. The number of rotatable bonds is 3. The van der Waals surface area contributed by atoms with Crippen LogP contribution in [0.1, 0.15) is 5.56 Å². The van der Waals surface area contributed by atoms with E-state index in [1.807, 2.05) is 37.3 Å². The molecule has 0 spiro atoms. The monoisotopic (exact) mass is 267 g/mol. The lowest BCUT2D eigenvalue weighted by molar-refractivity contribution is 0.411. The van der Waals surface area contributed by atoms with E-state index < -0.39 is 0 Å². The second-order valence-corrected chi connectivity index (χ2v) is 4.35. The van der Waals surface area contributed by atoms with Crippen molar-refractivity contribution in [3.05, 3.63) is 48.3 Å². The molecule has 0 fully saturated rings. The fraction of sp³-hybridized carbons (Fsp3) is 0.133. The van der Waals surface area contributed by atoms with Crippen LogP contribution in [-0.4, -0.2) is 22.2 Å². The van der Waals surface area contributed by atoms with Crippen LogP contribution in [-0.2, 0) is 0 Å². The molecule has 0 aliphatic carbocycles. The van der Waals surface area contributed by atoms with E-state index in [1.165, 1.54) is 0 Å². The fourth-order valence-electron chi connectivity index (χ4n) is 1.91. The van der Waals surface area contributed by atoms with E-state index in [0.29, 0.717) is 11.7 Å². The number of pyridine rings is 1. The summed E-state index contributed by atoms with van der Waals surface area (Å²) >= 11 is 0. The second-order valence-electron chi connectivity index (χ2n) is 4.35. The SMILES string of the molecule is COc1cc(-c2noc(-c3cccnc3)n2)ccc1C. The van der Waals surface area contributed by atoms with Crippen LogP contribution in [0.5, 0.6) is 5.75 Å². The number of ether oxygens (including phenoxy) is 1. The molecule has 0 amide bonds. The van der Waals surface area contributed by atoms with Crippen molar-refractivity contribution in [3.63, 3.8) is 0 Å². The zero-order valence-corrected chi connectivity index (χ0v) is 11.2. The van der Waals surface area contributed by atoms with Gasteiger partial charge in [0.25, 0.3) is 5.89 Å². The van der Waals surface area contributed by atoms with Crippen LogP contribution in [0.25, 0.3) is 22.8 Å². The van der Waals surface area contributed by atoms with Crippen LogP contribution < -0.4 is 4.74 Å². The summed E-state index contributed by atoms with van der Waals surface area (Å²) in [5, 5.41) is 4.00. The van der Waals surface area contributed by atoms with Gasteiger partial charge in [-0.25, -0.2) is 0 Å². The van der Waals surface area contributed by atoms with E-state index >= 15 is 0 Å². The maximum Gasteiger partial charge on any atom is 0.259 e. The molecule has 0 atom stereocenters. The number of hydrogen-bond acceptors (Lipinski definition) is 5. The summed E-state index contributed by atoms with van der Waals surface area (Å²) < 4.78 is 10.6. The van der Waals surface area contributed by atoms with Gasteiger partial charge >= 0.3 is 0 Å². The van der Waals surface area contributed by atoms with Gasteiger partial charge in [-0.3, -0.25) is 4.98 Å². The van der Waals surface area contributed by atoms with Crippen molar-refractivity contribution in [2.45, 2.75) is 6.92 Å². The number of aromatic nitrogens is 3. The summed E-state index contributed by atoms with van der Waals surface area (Å²) in [6, 6.07) is 9.51. The predicted octanol–water partition coefficient (Wildman–Crippen LogP) is 3.12. The minimum absolute atomic E-state index is 0.452. The average Bonchev–Trinajstić information content (AvgIpc) is 2.98. The van der Waals surface area contributed by atoms with Gasteiger partial charge in [-0.05, 0) is 30.7 Å². The molecule has 0 N–H and O–H groups in total. The smallest absolute Gasteiger partial charge is 0.259 e. The molecular weight excluding hydrogens is 254 g/mol. The van der Waals surface area contributed by atoms with Gasteiger partial charge in [-0.2, -0.15) is 4.98 Å². The molecule has 2 heterocycles. The van der Waals surface area contributed by atoms with Crippen LogP contribution >= 0.6 is 0 Å². The van der Waals surface area contributed by atoms with Gasteiger partial charge < -0.3 is 9.26 Å². The summed E-state index contributed by atoms with van der Waals surface area (Å²) in [4.78, 5) is 8.42. The lowest BCUT2D eigenvalue weighted by atomic mass is 10.1. The van der Waals surface area contributed by atoms with Crippen molar-refractivity contribution in [2.24, 2.45) is 0 Å². The highest BCUT2D eigenvalue weighted by molar-refractivity contribution is 5.61. The van der Waals surface area contributed by atoms with E-state index in [1.54, 1.807) is 19.5 Å². The van der Waals surface area contributed by atoms with Crippen molar-refractivity contribution in [1.82, 2.24) is 15.1 Å². The first kappa shape index (κ1) is 12.3. The van der Waals surface area contributed by atoms with Crippen molar-refractivity contribution >= 4 is 0 Å². The normalized spacial score (nSPS) is 10.5. The lowest BCUT2D eigenvalue weighted by Gasteiger charge is -2.04. The standard InChI is InChI=1S/C15H13N3O2/c1-10-5-6-11(8-13(10)19-2)14-17-15(20-18-14)12-4-3-7-16-9-12/h3-9H,1-2H3. The first-order valence-electron chi connectivity index (χ1n) is 6.17. The predicted molar refractivity (Wildman–Crippen MR) is 74.3 cm³/mol. The van der Waals surface area contributed by atoms with Gasteiger partial charge in [0.05, 0.1) is 12.7 Å². The van der Waals surface area contributed by atoms with Crippen LogP contribution in [0, 0.1) is 6.92 Å². The van der Waals surface area contributed by atoms with E-state index in [4.69, 9.17) is 9.26 Å². The molecule has 20 heavy (non-hydrogen) atoms. The number of methoxy groups -OCH3 is 1.